The van der Waals surface area contributed by atoms with Crippen molar-refractivity contribution in [1.29, 1.82) is 0 Å². The summed E-state index contributed by atoms with van der Waals surface area (Å²) in [6.07, 6.45) is 0.672. The van der Waals surface area contributed by atoms with Crippen molar-refractivity contribution in [2.24, 2.45) is 7.05 Å². The summed E-state index contributed by atoms with van der Waals surface area (Å²) < 4.78 is 35.3. The molecule has 7 heteroatoms. The van der Waals surface area contributed by atoms with Gasteiger partial charge in [-0.05, 0) is 45.7 Å². The lowest BCUT2D eigenvalue weighted by atomic mass is 10.1. The number of aromatic nitrogens is 1. The van der Waals surface area contributed by atoms with E-state index in [0.717, 1.165) is 5.56 Å². The highest BCUT2D eigenvalue weighted by Gasteiger charge is 2.39. The van der Waals surface area contributed by atoms with Crippen LogP contribution in [0.15, 0.2) is 29.2 Å². The number of fused-ring (bicyclic) bond motifs is 1. The number of esters is 1. The molecule has 0 aliphatic carbocycles. The van der Waals surface area contributed by atoms with Crippen LogP contribution in [0.2, 0.25) is 0 Å². The highest BCUT2D eigenvalue weighted by Crippen LogP contribution is 2.39. The average molecular weight is 376 g/mol. The number of nitrogens with zero attached hydrogens (tertiary/aromatic N) is 2. The van der Waals surface area contributed by atoms with Crippen molar-refractivity contribution in [2.45, 2.75) is 45.1 Å². The van der Waals surface area contributed by atoms with Crippen molar-refractivity contribution in [3.05, 3.63) is 46.8 Å². The molecule has 0 saturated carbocycles. The van der Waals surface area contributed by atoms with Crippen LogP contribution in [-0.2, 0) is 28.2 Å². The van der Waals surface area contributed by atoms with Crippen LogP contribution >= 0.6 is 0 Å². The minimum atomic E-state index is -3.81. The summed E-state index contributed by atoms with van der Waals surface area (Å²) >= 11 is 0. The van der Waals surface area contributed by atoms with Crippen LogP contribution in [0.3, 0.4) is 0 Å². The first kappa shape index (κ1) is 18.5. The predicted octanol–water partition coefficient (Wildman–Crippen LogP) is 2.96. The van der Waals surface area contributed by atoms with E-state index < -0.39 is 16.0 Å². The van der Waals surface area contributed by atoms with E-state index in [9.17, 15) is 13.2 Å². The van der Waals surface area contributed by atoms with E-state index in [1.165, 1.54) is 4.31 Å². The van der Waals surface area contributed by atoms with Crippen molar-refractivity contribution >= 4 is 21.7 Å². The number of carbonyl (C=O) groups excluding carboxylic acids is 1. The van der Waals surface area contributed by atoms with E-state index in [4.69, 9.17) is 4.74 Å². The molecule has 140 valence electrons. The molecule has 0 saturated heterocycles. The number of rotatable bonds is 4. The van der Waals surface area contributed by atoms with E-state index >= 15 is 0 Å². The Morgan fingerprint density at radius 2 is 1.92 bits per heavy atom. The van der Waals surface area contributed by atoms with Gasteiger partial charge >= 0.3 is 5.97 Å². The molecule has 0 bridgehead atoms. The second-order valence-electron chi connectivity index (χ2n) is 6.65. The second-order valence-corrected chi connectivity index (χ2v) is 8.40. The molecule has 0 radical (unpaired) electrons. The number of hydrogen-bond donors (Lipinski definition) is 0. The lowest BCUT2D eigenvalue weighted by molar-refractivity contribution is 0.0514. The number of carbonyl (C=O) groups is 1. The van der Waals surface area contributed by atoms with Crippen LogP contribution in [0.1, 0.15) is 41.2 Å². The summed E-state index contributed by atoms with van der Waals surface area (Å²) in [5, 5.41) is 0. The Morgan fingerprint density at radius 3 is 2.58 bits per heavy atom. The molecule has 0 amide bonds. The third kappa shape index (κ3) is 2.61. The molecule has 1 aliphatic rings. The molecule has 1 unspecified atom stereocenters. The smallest absolute Gasteiger partial charge is 0.355 e. The highest BCUT2D eigenvalue weighted by atomic mass is 32.2. The lowest BCUT2D eigenvalue weighted by Crippen LogP contribution is -2.36. The maximum absolute atomic E-state index is 13.6. The molecule has 26 heavy (non-hydrogen) atoms. The number of anilines is 1. The molecule has 0 spiro atoms. The summed E-state index contributed by atoms with van der Waals surface area (Å²) in [5.41, 5.74) is 2.96. The van der Waals surface area contributed by atoms with Gasteiger partial charge in [-0.15, -0.1) is 0 Å². The van der Waals surface area contributed by atoms with Crippen molar-refractivity contribution < 1.29 is 17.9 Å². The molecule has 1 aromatic heterocycles. The quantitative estimate of drug-likeness (QED) is 0.770. The van der Waals surface area contributed by atoms with Gasteiger partial charge in [-0.2, -0.15) is 0 Å². The summed E-state index contributed by atoms with van der Waals surface area (Å²) in [6, 6.07) is 7.36. The predicted molar refractivity (Wildman–Crippen MR) is 100 cm³/mol. The summed E-state index contributed by atoms with van der Waals surface area (Å²) in [5.74, 6) is -0.507. The number of benzene rings is 1. The zero-order chi connectivity index (χ0) is 19.2. The second kappa shape index (κ2) is 6.46. The Hall–Kier alpha value is -2.28. The van der Waals surface area contributed by atoms with Crippen molar-refractivity contribution in [2.75, 3.05) is 10.9 Å². The van der Waals surface area contributed by atoms with E-state index in [2.05, 4.69) is 0 Å². The number of ether oxygens (including phenoxy) is 1. The zero-order valence-corrected chi connectivity index (χ0v) is 16.6. The van der Waals surface area contributed by atoms with Crippen molar-refractivity contribution in [3.63, 3.8) is 0 Å². The first-order valence-corrected chi connectivity index (χ1v) is 10.1. The van der Waals surface area contributed by atoms with Gasteiger partial charge in [0.15, 0.2) is 0 Å². The fourth-order valence-corrected chi connectivity index (χ4v) is 6.00. The van der Waals surface area contributed by atoms with Gasteiger partial charge in [0.1, 0.15) is 10.6 Å². The van der Waals surface area contributed by atoms with Gasteiger partial charge in [0.2, 0.25) is 0 Å². The van der Waals surface area contributed by atoms with Crippen molar-refractivity contribution in [1.82, 2.24) is 4.57 Å². The van der Waals surface area contributed by atoms with Crippen LogP contribution in [0.5, 0.6) is 0 Å². The minimum Gasteiger partial charge on any atom is -0.461 e. The van der Waals surface area contributed by atoms with Gasteiger partial charge in [-0.3, -0.25) is 4.31 Å². The van der Waals surface area contributed by atoms with E-state index in [1.54, 1.807) is 32.4 Å². The molecule has 0 fully saturated rings. The highest BCUT2D eigenvalue weighted by molar-refractivity contribution is 7.93. The Balaban J connectivity index is 2.18. The van der Waals surface area contributed by atoms with E-state index in [-0.39, 0.29) is 23.2 Å². The summed E-state index contributed by atoms with van der Waals surface area (Å²) in [6.45, 7) is 7.25. The SMILES string of the molecule is CCOC(=O)c1c(C)c(S(=O)(=O)N2c3ccccc3CC2C)c(C)n1C. The van der Waals surface area contributed by atoms with Gasteiger partial charge < -0.3 is 9.30 Å². The van der Waals surface area contributed by atoms with Crippen LogP contribution in [0.25, 0.3) is 0 Å². The fourth-order valence-electron chi connectivity index (χ4n) is 3.82. The molecule has 3 rings (SSSR count). The largest absolute Gasteiger partial charge is 0.461 e. The molecular formula is C19H24N2O4S. The minimum absolute atomic E-state index is 0.178. The van der Waals surface area contributed by atoms with E-state index in [0.29, 0.717) is 23.4 Å². The molecule has 2 aromatic rings. The average Bonchev–Trinajstić information content (AvgIpc) is 3.01. The Labute approximate surface area is 154 Å². The zero-order valence-electron chi connectivity index (χ0n) is 15.7. The van der Waals surface area contributed by atoms with Gasteiger partial charge in [0, 0.05) is 24.3 Å². The molecule has 6 nitrogen and oxygen atoms in total. The third-order valence-corrected chi connectivity index (χ3v) is 7.19. The Morgan fingerprint density at radius 1 is 1.27 bits per heavy atom. The van der Waals surface area contributed by atoms with E-state index in [1.807, 2.05) is 31.2 Å². The monoisotopic (exact) mass is 376 g/mol. The summed E-state index contributed by atoms with van der Waals surface area (Å²) in [7, 11) is -2.12. The van der Waals surface area contributed by atoms with Gasteiger partial charge in [-0.1, -0.05) is 18.2 Å². The maximum Gasteiger partial charge on any atom is 0.355 e. The molecule has 2 heterocycles. The first-order chi connectivity index (χ1) is 12.2. The van der Waals surface area contributed by atoms with Gasteiger partial charge in [-0.25, -0.2) is 13.2 Å². The molecule has 1 atom stereocenters. The van der Waals surface area contributed by atoms with Crippen LogP contribution in [0.4, 0.5) is 5.69 Å². The number of hydrogen-bond acceptors (Lipinski definition) is 4. The van der Waals surface area contributed by atoms with Crippen LogP contribution in [-0.4, -0.2) is 31.6 Å². The van der Waals surface area contributed by atoms with Gasteiger partial charge in [0.25, 0.3) is 10.0 Å². The Bertz CT molecular complexity index is 976. The molecule has 1 aromatic carbocycles. The molecule has 1 aliphatic heterocycles. The normalized spacial score (nSPS) is 16.7. The van der Waals surface area contributed by atoms with Crippen LogP contribution < -0.4 is 4.31 Å². The summed E-state index contributed by atoms with van der Waals surface area (Å²) in [4.78, 5) is 12.5. The fraction of sp³-hybridized carbons (Fsp3) is 0.421. The molecular weight excluding hydrogens is 352 g/mol. The first-order valence-electron chi connectivity index (χ1n) is 8.67. The third-order valence-electron chi connectivity index (χ3n) is 4.99. The maximum atomic E-state index is 13.6. The topological polar surface area (TPSA) is 68.6 Å². The molecule has 0 N–H and O–H groups in total. The lowest BCUT2D eigenvalue weighted by Gasteiger charge is -2.25. The number of sulfonamides is 1. The van der Waals surface area contributed by atoms with Crippen molar-refractivity contribution in [3.8, 4) is 0 Å². The Kier molecular flexibility index (Phi) is 4.60. The van der Waals surface area contributed by atoms with Crippen LogP contribution in [0, 0.1) is 13.8 Å². The number of para-hydroxylation sites is 1. The van der Waals surface area contributed by atoms with Gasteiger partial charge in [0.05, 0.1) is 12.3 Å². The standard InChI is InChI=1S/C19H24N2O4S/c1-6-25-19(22)17-13(3)18(14(4)20(17)5)26(23,24)21-12(2)11-15-9-7-8-10-16(15)21/h7-10,12H,6,11H2,1-5H3.